The van der Waals surface area contributed by atoms with Crippen molar-refractivity contribution < 1.29 is 13.9 Å². The number of halogens is 1. The Kier molecular flexibility index (Phi) is 3.49. The highest BCUT2D eigenvalue weighted by atomic mass is 19.1. The zero-order valence-electron chi connectivity index (χ0n) is 9.02. The second-order valence-corrected chi connectivity index (χ2v) is 3.47. The molecule has 0 atom stereocenters. The zero-order valence-corrected chi connectivity index (χ0v) is 9.02. The highest BCUT2D eigenvalue weighted by Gasteiger charge is 2.08. The Balaban J connectivity index is 2.18. The number of H-pyrrole nitrogens is 1. The molecule has 0 saturated carbocycles. The lowest BCUT2D eigenvalue weighted by Crippen LogP contribution is -1.98. The lowest BCUT2D eigenvalue weighted by atomic mass is 10.1. The molecule has 0 aliphatic heterocycles. The average molecular weight is 234 g/mol. The number of carbonyl (C=O) groups is 1. The first-order valence-electron chi connectivity index (χ1n) is 5.15. The number of hydrogen-bond donors (Lipinski definition) is 1. The maximum atomic E-state index is 12.8. The fourth-order valence-electron chi connectivity index (χ4n) is 1.59. The predicted molar refractivity (Wildman–Crippen MR) is 59.7 cm³/mol. The summed E-state index contributed by atoms with van der Waals surface area (Å²) in [5.74, 6) is -0.275. The summed E-state index contributed by atoms with van der Waals surface area (Å²) in [6.45, 7) is 0.687. The van der Waals surface area contributed by atoms with Crippen LogP contribution in [-0.4, -0.2) is 23.3 Å². The number of nitrogens with one attached hydrogen (secondary N) is 1. The van der Waals surface area contributed by atoms with Crippen LogP contribution in [0.15, 0.2) is 30.5 Å². The summed E-state index contributed by atoms with van der Waals surface area (Å²) < 4.78 is 17.4. The molecule has 4 nitrogen and oxygen atoms in total. The third-order valence-electron chi connectivity index (χ3n) is 2.40. The highest BCUT2D eigenvalue weighted by Crippen LogP contribution is 2.22. The Hall–Kier alpha value is -2.17. The lowest BCUT2D eigenvalue weighted by Gasteiger charge is -2.02. The molecule has 1 aromatic heterocycles. The third kappa shape index (κ3) is 2.69. The molecule has 0 aliphatic carbocycles. The summed E-state index contributed by atoms with van der Waals surface area (Å²) in [4.78, 5) is 10.0. The molecule has 0 aliphatic rings. The molecule has 0 amide bonds. The lowest BCUT2D eigenvalue weighted by molar-refractivity contribution is -0.128. The van der Waals surface area contributed by atoms with Gasteiger partial charge >= 0.3 is 0 Å². The molecule has 0 radical (unpaired) electrons. The minimum absolute atomic E-state index is 0.275. The smallest absolute Gasteiger partial charge is 0.293 e. The van der Waals surface area contributed by atoms with Gasteiger partial charge in [-0.3, -0.25) is 9.89 Å². The van der Waals surface area contributed by atoms with E-state index in [1.165, 1.54) is 12.1 Å². The standard InChI is InChI=1S/C12H11FN2O2/c13-10-3-1-9(2-4-10)11-7-14-15-12(11)5-6-17-8-16/h1-4,7-8H,5-6H2,(H,14,15). The van der Waals surface area contributed by atoms with Crippen LogP contribution in [0, 0.1) is 5.82 Å². The molecule has 1 heterocycles. The number of benzene rings is 1. The third-order valence-corrected chi connectivity index (χ3v) is 2.40. The van der Waals surface area contributed by atoms with Gasteiger partial charge in [-0.05, 0) is 17.7 Å². The van der Waals surface area contributed by atoms with Crippen molar-refractivity contribution in [2.24, 2.45) is 0 Å². The van der Waals surface area contributed by atoms with Gasteiger partial charge in [-0.2, -0.15) is 5.10 Å². The molecule has 0 bridgehead atoms. The molecule has 17 heavy (non-hydrogen) atoms. The van der Waals surface area contributed by atoms with Crippen LogP contribution < -0.4 is 0 Å². The summed E-state index contributed by atoms with van der Waals surface area (Å²) in [7, 11) is 0. The summed E-state index contributed by atoms with van der Waals surface area (Å²) in [5.41, 5.74) is 2.55. The van der Waals surface area contributed by atoms with Crippen molar-refractivity contribution in [2.75, 3.05) is 6.61 Å². The first-order chi connectivity index (χ1) is 8.31. The maximum Gasteiger partial charge on any atom is 0.293 e. The summed E-state index contributed by atoms with van der Waals surface area (Å²) >= 11 is 0. The van der Waals surface area contributed by atoms with Crippen molar-refractivity contribution in [1.29, 1.82) is 0 Å². The van der Waals surface area contributed by atoms with Crippen LogP contribution in [0.3, 0.4) is 0 Å². The normalized spacial score (nSPS) is 10.2. The molecule has 5 heteroatoms. The average Bonchev–Trinajstić information content (AvgIpc) is 2.79. The Morgan fingerprint density at radius 3 is 2.82 bits per heavy atom. The molecule has 88 valence electrons. The number of hydrogen-bond acceptors (Lipinski definition) is 3. The van der Waals surface area contributed by atoms with Gasteiger partial charge in [0.15, 0.2) is 0 Å². The van der Waals surface area contributed by atoms with Crippen LogP contribution >= 0.6 is 0 Å². The van der Waals surface area contributed by atoms with Crippen LogP contribution in [0.4, 0.5) is 4.39 Å². The fourth-order valence-corrected chi connectivity index (χ4v) is 1.59. The molecular formula is C12H11FN2O2. The Morgan fingerprint density at radius 2 is 2.12 bits per heavy atom. The van der Waals surface area contributed by atoms with Crippen molar-refractivity contribution in [2.45, 2.75) is 6.42 Å². The number of nitrogens with zero attached hydrogens (tertiary/aromatic N) is 1. The van der Waals surface area contributed by atoms with Crippen LogP contribution in [0.5, 0.6) is 0 Å². The predicted octanol–water partition coefficient (Wildman–Crippen LogP) is 1.93. The molecular weight excluding hydrogens is 223 g/mol. The van der Waals surface area contributed by atoms with Crippen molar-refractivity contribution >= 4 is 6.47 Å². The van der Waals surface area contributed by atoms with Crippen molar-refractivity contribution in [3.63, 3.8) is 0 Å². The Labute approximate surface area is 97.4 Å². The molecule has 0 spiro atoms. The Morgan fingerprint density at radius 1 is 1.35 bits per heavy atom. The van der Waals surface area contributed by atoms with Gasteiger partial charge in [-0.15, -0.1) is 0 Å². The van der Waals surface area contributed by atoms with Gasteiger partial charge in [0.25, 0.3) is 6.47 Å². The number of ether oxygens (including phenoxy) is 1. The molecule has 2 aromatic rings. The van der Waals surface area contributed by atoms with Crippen LogP contribution in [0.25, 0.3) is 11.1 Å². The maximum absolute atomic E-state index is 12.8. The minimum Gasteiger partial charge on any atom is -0.467 e. The fraction of sp³-hybridized carbons (Fsp3) is 0.167. The van der Waals surface area contributed by atoms with Crippen LogP contribution in [0.2, 0.25) is 0 Å². The molecule has 0 saturated heterocycles. The largest absolute Gasteiger partial charge is 0.467 e. The number of rotatable bonds is 5. The van der Waals surface area contributed by atoms with Gasteiger partial charge < -0.3 is 4.74 Å². The van der Waals surface area contributed by atoms with Gasteiger partial charge in [0.05, 0.1) is 12.3 Å². The first kappa shape index (κ1) is 11.3. The van der Waals surface area contributed by atoms with Gasteiger partial charge in [-0.1, -0.05) is 12.1 Å². The van der Waals surface area contributed by atoms with Gasteiger partial charge in [0.2, 0.25) is 0 Å². The van der Waals surface area contributed by atoms with E-state index in [2.05, 4.69) is 14.9 Å². The van der Waals surface area contributed by atoms with E-state index in [9.17, 15) is 9.18 Å². The second-order valence-electron chi connectivity index (χ2n) is 3.47. The second kappa shape index (κ2) is 5.25. The quantitative estimate of drug-likeness (QED) is 0.635. The van der Waals surface area contributed by atoms with Gasteiger partial charge in [0, 0.05) is 18.2 Å². The van der Waals surface area contributed by atoms with E-state index in [0.29, 0.717) is 12.9 Å². The van der Waals surface area contributed by atoms with E-state index in [-0.39, 0.29) is 12.4 Å². The number of aromatic nitrogens is 2. The van der Waals surface area contributed by atoms with E-state index in [1.54, 1.807) is 18.3 Å². The van der Waals surface area contributed by atoms with Gasteiger partial charge in [0.1, 0.15) is 5.82 Å². The number of carbonyl (C=O) groups excluding carboxylic acids is 1. The Bertz CT molecular complexity index is 493. The minimum atomic E-state index is -0.275. The van der Waals surface area contributed by atoms with Crippen molar-refractivity contribution in [3.05, 3.63) is 42.0 Å². The SMILES string of the molecule is O=COCCc1n[nH]cc1-c1ccc(F)cc1. The van der Waals surface area contributed by atoms with Crippen molar-refractivity contribution in [1.82, 2.24) is 10.2 Å². The highest BCUT2D eigenvalue weighted by molar-refractivity contribution is 5.65. The van der Waals surface area contributed by atoms with Crippen LogP contribution in [0.1, 0.15) is 5.69 Å². The molecule has 2 rings (SSSR count). The van der Waals surface area contributed by atoms with Crippen molar-refractivity contribution in [3.8, 4) is 11.1 Å². The monoisotopic (exact) mass is 234 g/mol. The summed E-state index contributed by atoms with van der Waals surface area (Å²) in [6.07, 6.45) is 2.26. The molecule has 0 fully saturated rings. The number of aromatic amines is 1. The van der Waals surface area contributed by atoms with E-state index < -0.39 is 0 Å². The van der Waals surface area contributed by atoms with Gasteiger partial charge in [-0.25, -0.2) is 4.39 Å². The first-order valence-corrected chi connectivity index (χ1v) is 5.15. The molecule has 0 unspecified atom stereocenters. The van der Waals surface area contributed by atoms with E-state index in [0.717, 1.165) is 16.8 Å². The summed E-state index contributed by atoms with van der Waals surface area (Å²) in [6, 6.07) is 6.16. The molecule has 1 N–H and O–H groups in total. The van der Waals surface area contributed by atoms with E-state index in [1.807, 2.05) is 0 Å². The van der Waals surface area contributed by atoms with E-state index in [4.69, 9.17) is 0 Å². The molecule has 1 aromatic carbocycles. The zero-order chi connectivity index (χ0) is 12.1. The van der Waals surface area contributed by atoms with E-state index >= 15 is 0 Å². The van der Waals surface area contributed by atoms with Crippen LogP contribution in [-0.2, 0) is 16.0 Å². The topological polar surface area (TPSA) is 55.0 Å². The summed E-state index contributed by atoms with van der Waals surface area (Å²) in [5, 5.41) is 6.82.